The highest BCUT2D eigenvalue weighted by Gasteiger charge is 2.21. The Balaban J connectivity index is 0.00000242. The number of nitrogens with zero attached hydrogens (tertiary/aromatic N) is 1. The molecule has 0 radical (unpaired) electrons. The summed E-state index contributed by atoms with van der Waals surface area (Å²) in [7, 11) is 0. The maximum atomic E-state index is 11.8. The molecule has 0 saturated carbocycles. The van der Waals surface area contributed by atoms with Crippen LogP contribution in [0.1, 0.15) is 38.3 Å². The largest absolute Gasteiger partial charge is 0.349 e. The number of halogens is 1. The van der Waals surface area contributed by atoms with Crippen molar-refractivity contribution in [1.29, 1.82) is 0 Å². The number of carbonyl (C=O) groups is 2. The van der Waals surface area contributed by atoms with Gasteiger partial charge in [0.15, 0.2) is 0 Å². The van der Waals surface area contributed by atoms with Crippen molar-refractivity contribution in [2.24, 2.45) is 11.7 Å². The Kier molecular flexibility index (Phi) is 6.84. The second-order valence-corrected chi connectivity index (χ2v) is 5.61. The number of nitrogens with one attached hydrogen (secondary N) is 1. The second kappa shape index (κ2) is 8.15. The van der Waals surface area contributed by atoms with Crippen molar-refractivity contribution in [1.82, 2.24) is 5.32 Å². The highest BCUT2D eigenvalue weighted by atomic mass is 35.5. The molecule has 3 N–H and O–H groups in total. The number of anilines is 1. The van der Waals surface area contributed by atoms with Gasteiger partial charge in [0.1, 0.15) is 0 Å². The van der Waals surface area contributed by atoms with Gasteiger partial charge >= 0.3 is 0 Å². The second-order valence-electron chi connectivity index (χ2n) is 5.61. The topological polar surface area (TPSA) is 75.4 Å². The summed E-state index contributed by atoms with van der Waals surface area (Å²) in [6, 6.07) is 7.72. The molecule has 0 aromatic heterocycles. The first kappa shape index (κ1) is 18.5. The maximum absolute atomic E-state index is 11.8. The third-order valence-corrected chi connectivity index (χ3v) is 3.94. The van der Waals surface area contributed by atoms with E-state index in [4.69, 9.17) is 5.73 Å². The molecule has 2 rings (SSSR count). The van der Waals surface area contributed by atoms with Crippen LogP contribution in [0.2, 0.25) is 0 Å². The average Bonchev–Trinajstić information content (AvgIpc) is 2.92. The molecule has 2 unspecified atom stereocenters. The number of rotatable bonds is 5. The Bertz CT molecular complexity index is 519. The van der Waals surface area contributed by atoms with Gasteiger partial charge in [0.25, 0.3) is 0 Å². The van der Waals surface area contributed by atoms with Gasteiger partial charge in [0, 0.05) is 31.1 Å². The number of nitrogens with two attached hydrogens (primary N) is 1. The van der Waals surface area contributed by atoms with Gasteiger partial charge in [-0.2, -0.15) is 0 Å². The summed E-state index contributed by atoms with van der Waals surface area (Å²) >= 11 is 0. The van der Waals surface area contributed by atoms with Gasteiger partial charge in [-0.25, -0.2) is 0 Å². The Labute approximate surface area is 137 Å². The summed E-state index contributed by atoms with van der Waals surface area (Å²) in [5.41, 5.74) is 7.43. The van der Waals surface area contributed by atoms with Crippen LogP contribution >= 0.6 is 12.4 Å². The first-order valence-electron chi connectivity index (χ1n) is 7.43. The molecule has 1 aromatic carbocycles. The third kappa shape index (κ3) is 4.21. The molecule has 0 bridgehead atoms. The average molecular weight is 326 g/mol. The molecular weight excluding hydrogens is 302 g/mol. The van der Waals surface area contributed by atoms with Crippen molar-refractivity contribution in [2.75, 3.05) is 18.0 Å². The standard InChI is InChI=1S/C16H23N3O2.ClH/c1-11(10-17)16(21)18-12(2)13-5-7-14(8-6-13)19-9-3-4-15(19)20;/h5-8,11-12H,3-4,9-10,17H2,1-2H3,(H,18,21);1H. The molecule has 2 atom stereocenters. The minimum atomic E-state index is -0.186. The van der Waals surface area contributed by atoms with E-state index in [-0.39, 0.29) is 36.2 Å². The van der Waals surface area contributed by atoms with Crippen molar-refractivity contribution < 1.29 is 9.59 Å². The van der Waals surface area contributed by atoms with Gasteiger partial charge in [-0.05, 0) is 31.0 Å². The fourth-order valence-corrected chi connectivity index (χ4v) is 2.41. The van der Waals surface area contributed by atoms with Crippen LogP contribution in [0.15, 0.2) is 24.3 Å². The molecule has 1 saturated heterocycles. The van der Waals surface area contributed by atoms with Gasteiger partial charge in [0.2, 0.25) is 11.8 Å². The molecule has 0 aliphatic carbocycles. The van der Waals surface area contributed by atoms with Crippen LogP contribution < -0.4 is 16.0 Å². The first-order valence-corrected chi connectivity index (χ1v) is 7.43. The lowest BCUT2D eigenvalue weighted by atomic mass is 10.1. The summed E-state index contributed by atoms with van der Waals surface area (Å²) in [5.74, 6) is -0.0430. The van der Waals surface area contributed by atoms with E-state index in [1.807, 2.05) is 43.0 Å². The lowest BCUT2D eigenvalue weighted by molar-refractivity contribution is -0.124. The number of hydrogen-bond acceptors (Lipinski definition) is 3. The predicted molar refractivity (Wildman–Crippen MR) is 90.1 cm³/mol. The van der Waals surface area contributed by atoms with E-state index in [2.05, 4.69) is 5.32 Å². The minimum Gasteiger partial charge on any atom is -0.349 e. The van der Waals surface area contributed by atoms with Gasteiger partial charge in [0.05, 0.1) is 6.04 Å². The van der Waals surface area contributed by atoms with Crippen molar-refractivity contribution in [3.63, 3.8) is 0 Å². The van der Waals surface area contributed by atoms with Crippen molar-refractivity contribution in [3.8, 4) is 0 Å². The Morgan fingerprint density at radius 2 is 1.95 bits per heavy atom. The van der Waals surface area contributed by atoms with E-state index >= 15 is 0 Å². The van der Waals surface area contributed by atoms with Crippen LogP contribution in [0, 0.1) is 5.92 Å². The molecule has 0 spiro atoms. The fraction of sp³-hybridized carbons (Fsp3) is 0.500. The molecule has 1 aromatic rings. The molecule has 1 fully saturated rings. The number of benzene rings is 1. The Morgan fingerprint density at radius 3 is 2.45 bits per heavy atom. The summed E-state index contributed by atoms with van der Waals surface area (Å²) in [6.07, 6.45) is 1.55. The van der Waals surface area contributed by atoms with Crippen LogP contribution in [-0.2, 0) is 9.59 Å². The maximum Gasteiger partial charge on any atom is 0.227 e. The highest BCUT2D eigenvalue weighted by Crippen LogP contribution is 2.23. The Hall–Kier alpha value is -1.59. The third-order valence-electron chi connectivity index (χ3n) is 3.94. The van der Waals surface area contributed by atoms with Crippen LogP contribution in [-0.4, -0.2) is 24.9 Å². The highest BCUT2D eigenvalue weighted by molar-refractivity contribution is 5.95. The zero-order valence-corrected chi connectivity index (χ0v) is 13.9. The number of carbonyl (C=O) groups excluding carboxylic acids is 2. The van der Waals surface area contributed by atoms with Crippen LogP contribution in [0.3, 0.4) is 0 Å². The zero-order valence-electron chi connectivity index (χ0n) is 13.0. The molecule has 122 valence electrons. The number of hydrogen-bond donors (Lipinski definition) is 2. The summed E-state index contributed by atoms with van der Waals surface area (Å²) < 4.78 is 0. The molecular formula is C16H24ClN3O2. The van der Waals surface area contributed by atoms with Gasteiger partial charge in [-0.1, -0.05) is 19.1 Å². The predicted octanol–water partition coefficient (Wildman–Crippen LogP) is 2.01. The van der Waals surface area contributed by atoms with E-state index in [0.29, 0.717) is 13.0 Å². The quantitative estimate of drug-likeness (QED) is 0.869. The van der Waals surface area contributed by atoms with E-state index in [1.165, 1.54) is 0 Å². The normalized spacial score (nSPS) is 16.9. The summed E-state index contributed by atoms with van der Waals surface area (Å²) in [5, 5.41) is 2.95. The molecule has 22 heavy (non-hydrogen) atoms. The SMILES string of the molecule is CC(CN)C(=O)NC(C)c1ccc(N2CCCC2=O)cc1.Cl. The monoisotopic (exact) mass is 325 g/mol. The van der Waals surface area contributed by atoms with E-state index in [1.54, 1.807) is 0 Å². The van der Waals surface area contributed by atoms with Crippen molar-refractivity contribution in [3.05, 3.63) is 29.8 Å². The van der Waals surface area contributed by atoms with Gasteiger partial charge in [-0.3, -0.25) is 9.59 Å². The first-order chi connectivity index (χ1) is 10.0. The summed E-state index contributed by atoms with van der Waals surface area (Å²) in [6.45, 7) is 4.88. The lowest BCUT2D eigenvalue weighted by Gasteiger charge is -2.19. The van der Waals surface area contributed by atoms with Crippen LogP contribution in [0.5, 0.6) is 0 Å². The molecule has 1 aliphatic heterocycles. The number of amides is 2. The van der Waals surface area contributed by atoms with E-state index in [0.717, 1.165) is 24.2 Å². The van der Waals surface area contributed by atoms with Crippen molar-refractivity contribution in [2.45, 2.75) is 32.7 Å². The van der Waals surface area contributed by atoms with E-state index < -0.39 is 0 Å². The summed E-state index contributed by atoms with van der Waals surface area (Å²) in [4.78, 5) is 25.3. The van der Waals surface area contributed by atoms with Crippen LogP contribution in [0.4, 0.5) is 5.69 Å². The zero-order chi connectivity index (χ0) is 15.4. The molecule has 2 amide bonds. The molecule has 6 heteroatoms. The molecule has 1 aliphatic rings. The molecule has 5 nitrogen and oxygen atoms in total. The smallest absolute Gasteiger partial charge is 0.227 e. The van der Waals surface area contributed by atoms with Gasteiger partial charge in [-0.15, -0.1) is 12.4 Å². The van der Waals surface area contributed by atoms with Gasteiger partial charge < -0.3 is 16.0 Å². The Morgan fingerprint density at radius 1 is 1.32 bits per heavy atom. The fourth-order valence-electron chi connectivity index (χ4n) is 2.41. The van der Waals surface area contributed by atoms with E-state index in [9.17, 15) is 9.59 Å². The molecule has 1 heterocycles. The minimum absolute atomic E-state index is 0. The van der Waals surface area contributed by atoms with Crippen LogP contribution in [0.25, 0.3) is 0 Å². The lowest BCUT2D eigenvalue weighted by Crippen LogP contribution is -2.34. The van der Waals surface area contributed by atoms with Crippen molar-refractivity contribution >= 4 is 29.9 Å².